The molecular weight excluding hydrogens is 148 g/mol. The number of quaternary nitrogens is 1. The molecule has 0 aromatic rings. The van der Waals surface area contributed by atoms with Crippen molar-refractivity contribution in [1.82, 2.24) is 5.01 Å². The van der Waals surface area contributed by atoms with Crippen molar-refractivity contribution in [2.45, 2.75) is 12.8 Å². The second kappa shape index (κ2) is 5.12. The van der Waals surface area contributed by atoms with Crippen LogP contribution in [0.25, 0.3) is 0 Å². The molecule has 0 unspecified atom stereocenters. The monoisotopic (exact) mass is 167 g/mol. The molecule has 12 heavy (non-hydrogen) atoms. The van der Waals surface area contributed by atoms with Gasteiger partial charge in [-0.2, -0.15) is 5.01 Å². The van der Waals surface area contributed by atoms with Gasteiger partial charge in [0.05, 0.1) is 0 Å². The van der Waals surface area contributed by atoms with Crippen molar-refractivity contribution < 1.29 is 5.01 Å². The summed E-state index contributed by atoms with van der Waals surface area (Å²) in [7, 11) is 0. The fourth-order valence-corrected chi connectivity index (χ4v) is 1.71. The molecule has 1 N–H and O–H groups in total. The third-order valence-electron chi connectivity index (χ3n) is 2.31. The number of hydrogen-bond acceptors (Lipinski definition) is 1. The van der Waals surface area contributed by atoms with Crippen molar-refractivity contribution in [3.05, 3.63) is 25.3 Å². The van der Waals surface area contributed by atoms with Crippen molar-refractivity contribution in [2.75, 3.05) is 26.2 Å². The van der Waals surface area contributed by atoms with Gasteiger partial charge in [0.2, 0.25) is 0 Å². The van der Waals surface area contributed by atoms with Gasteiger partial charge in [-0.3, -0.25) is 0 Å². The average molecular weight is 167 g/mol. The Morgan fingerprint density at radius 3 is 2.00 bits per heavy atom. The first-order chi connectivity index (χ1) is 5.88. The van der Waals surface area contributed by atoms with Crippen LogP contribution in [0.1, 0.15) is 12.8 Å². The van der Waals surface area contributed by atoms with E-state index in [9.17, 15) is 0 Å². The fraction of sp³-hybridized carbons (Fsp3) is 0.600. The highest BCUT2D eigenvalue weighted by atomic mass is 15.6. The molecule has 0 aromatic carbocycles. The molecule has 1 aliphatic heterocycles. The molecule has 0 saturated carbocycles. The molecule has 0 atom stereocenters. The van der Waals surface area contributed by atoms with E-state index in [4.69, 9.17) is 0 Å². The van der Waals surface area contributed by atoms with E-state index in [-0.39, 0.29) is 0 Å². The number of rotatable bonds is 5. The molecule has 2 nitrogen and oxygen atoms in total. The molecule has 0 bridgehead atoms. The van der Waals surface area contributed by atoms with Crippen molar-refractivity contribution in [3.63, 3.8) is 0 Å². The Balaban J connectivity index is 2.38. The van der Waals surface area contributed by atoms with Gasteiger partial charge in [-0.1, -0.05) is 13.2 Å². The van der Waals surface area contributed by atoms with Crippen molar-refractivity contribution in [3.8, 4) is 0 Å². The summed E-state index contributed by atoms with van der Waals surface area (Å²) in [6, 6.07) is 0. The number of nitrogens with zero attached hydrogens (tertiary/aromatic N) is 1. The predicted octanol–water partition coefficient (Wildman–Crippen LogP) is 0.254. The predicted molar refractivity (Wildman–Crippen MR) is 51.9 cm³/mol. The maximum absolute atomic E-state index is 3.77. The van der Waals surface area contributed by atoms with Gasteiger partial charge in [0, 0.05) is 13.1 Å². The minimum Gasteiger partial charge on any atom is -0.248 e. The molecule has 0 aliphatic carbocycles. The summed E-state index contributed by atoms with van der Waals surface area (Å²) in [6.07, 6.45) is 6.66. The van der Waals surface area contributed by atoms with Gasteiger partial charge < -0.3 is 0 Å². The van der Waals surface area contributed by atoms with Gasteiger partial charge in [0.15, 0.2) is 0 Å². The minimum absolute atomic E-state index is 1.02. The first-order valence-corrected chi connectivity index (χ1v) is 4.70. The molecule has 1 rings (SSSR count). The molecule has 0 spiro atoms. The van der Waals surface area contributed by atoms with E-state index in [2.05, 4.69) is 18.2 Å². The summed E-state index contributed by atoms with van der Waals surface area (Å²) >= 11 is 0. The first kappa shape index (κ1) is 9.49. The van der Waals surface area contributed by atoms with E-state index in [1.165, 1.54) is 30.9 Å². The van der Waals surface area contributed by atoms with E-state index >= 15 is 0 Å². The third-order valence-corrected chi connectivity index (χ3v) is 2.31. The summed E-state index contributed by atoms with van der Waals surface area (Å²) in [4.78, 5) is 0. The summed E-state index contributed by atoms with van der Waals surface area (Å²) in [5.41, 5.74) is 0. The van der Waals surface area contributed by atoms with E-state index in [0.717, 1.165) is 13.1 Å². The summed E-state index contributed by atoms with van der Waals surface area (Å²) in [5.74, 6) is 0. The second-order valence-corrected chi connectivity index (χ2v) is 3.25. The molecule has 0 radical (unpaired) electrons. The van der Waals surface area contributed by atoms with Gasteiger partial charge >= 0.3 is 0 Å². The van der Waals surface area contributed by atoms with E-state index < -0.39 is 0 Å². The van der Waals surface area contributed by atoms with Gasteiger partial charge in [-0.15, -0.1) is 0 Å². The number of nitrogens with one attached hydrogen (secondary N) is 1. The summed E-state index contributed by atoms with van der Waals surface area (Å²) in [6.45, 7) is 12.1. The van der Waals surface area contributed by atoms with Crippen LogP contribution < -0.4 is 5.01 Å². The summed E-state index contributed by atoms with van der Waals surface area (Å²) in [5, 5.41) is 3.96. The smallest absolute Gasteiger partial charge is 0.113 e. The lowest BCUT2D eigenvalue weighted by atomic mass is 10.4. The highest BCUT2D eigenvalue weighted by molar-refractivity contribution is 4.68. The SMILES string of the molecule is C=CC[NH+](CC=C)N1CCCC1. The van der Waals surface area contributed by atoms with Crippen LogP contribution >= 0.6 is 0 Å². The number of hydrogen-bond donors (Lipinski definition) is 1. The van der Waals surface area contributed by atoms with Crippen LogP contribution in [0.3, 0.4) is 0 Å². The van der Waals surface area contributed by atoms with Gasteiger partial charge in [-0.25, -0.2) is 5.01 Å². The molecule has 1 saturated heterocycles. The molecule has 68 valence electrons. The molecule has 1 heterocycles. The zero-order valence-corrected chi connectivity index (χ0v) is 7.76. The lowest BCUT2D eigenvalue weighted by molar-refractivity contribution is -1.00. The molecule has 0 amide bonds. The zero-order valence-electron chi connectivity index (χ0n) is 7.76. The van der Waals surface area contributed by atoms with Crippen LogP contribution in [0.2, 0.25) is 0 Å². The van der Waals surface area contributed by atoms with Crippen LogP contribution in [0.4, 0.5) is 0 Å². The Labute approximate surface area is 75.1 Å². The Kier molecular flexibility index (Phi) is 4.05. The largest absolute Gasteiger partial charge is 0.248 e. The Morgan fingerprint density at radius 2 is 1.58 bits per heavy atom. The standard InChI is InChI=1S/C10H18N2/c1-3-7-11(8-4-2)12-9-5-6-10-12/h3-4H,1-2,5-10H2/p+1. The van der Waals surface area contributed by atoms with E-state index in [0.29, 0.717) is 0 Å². The Hall–Kier alpha value is -0.600. The quantitative estimate of drug-likeness (QED) is 0.577. The van der Waals surface area contributed by atoms with Gasteiger partial charge in [-0.05, 0) is 25.0 Å². The average Bonchev–Trinajstić information content (AvgIpc) is 2.56. The van der Waals surface area contributed by atoms with Crippen LogP contribution in [-0.2, 0) is 0 Å². The lowest BCUT2D eigenvalue weighted by Crippen LogP contribution is -3.17. The first-order valence-electron chi connectivity index (χ1n) is 4.70. The highest BCUT2D eigenvalue weighted by Gasteiger charge is 2.20. The van der Waals surface area contributed by atoms with Crippen LogP contribution in [0, 0.1) is 0 Å². The van der Waals surface area contributed by atoms with Crippen LogP contribution in [0.5, 0.6) is 0 Å². The minimum atomic E-state index is 1.02. The van der Waals surface area contributed by atoms with Gasteiger partial charge in [0.1, 0.15) is 13.1 Å². The molecule has 2 heteroatoms. The van der Waals surface area contributed by atoms with Crippen molar-refractivity contribution >= 4 is 0 Å². The van der Waals surface area contributed by atoms with Crippen LogP contribution in [0.15, 0.2) is 25.3 Å². The van der Waals surface area contributed by atoms with Crippen molar-refractivity contribution in [1.29, 1.82) is 0 Å². The normalized spacial score (nSPS) is 18.4. The molecule has 0 aromatic heterocycles. The third kappa shape index (κ3) is 2.47. The Bertz CT molecular complexity index is 138. The van der Waals surface area contributed by atoms with Crippen molar-refractivity contribution in [2.24, 2.45) is 0 Å². The second-order valence-electron chi connectivity index (χ2n) is 3.25. The molecule has 1 aliphatic rings. The van der Waals surface area contributed by atoms with Crippen LogP contribution in [-0.4, -0.2) is 31.2 Å². The lowest BCUT2D eigenvalue weighted by Gasteiger charge is -2.25. The zero-order chi connectivity index (χ0) is 8.81. The van der Waals surface area contributed by atoms with E-state index in [1.54, 1.807) is 0 Å². The highest BCUT2D eigenvalue weighted by Crippen LogP contribution is 2.00. The Morgan fingerprint density at radius 1 is 1.08 bits per heavy atom. The topological polar surface area (TPSA) is 7.68 Å². The van der Waals surface area contributed by atoms with E-state index in [1.807, 2.05) is 12.2 Å². The maximum Gasteiger partial charge on any atom is 0.113 e. The maximum atomic E-state index is 3.77. The fourth-order valence-electron chi connectivity index (χ4n) is 1.71. The molecule has 1 fully saturated rings. The molecular formula is C10H19N2+. The van der Waals surface area contributed by atoms with Gasteiger partial charge in [0.25, 0.3) is 0 Å². The summed E-state index contributed by atoms with van der Waals surface area (Å²) < 4.78 is 0.